The molecule has 3 nitrogen and oxygen atoms in total. The van der Waals surface area contributed by atoms with Gasteiger partial charge < -0.3 is 10.7 Å². The minimum Gasteiger partial charge on any atom is -0.399 e. The fourth-order valence-corrected chi connectivity index (χ4v) is 2.92. The molecule has 0 bridgehead atoms. The van der Waals surface area contributed by atoms with E-state index in [-0.39, 0.29) is 5.82 Å². The van der Waals surface area contributed by atoms with E-state index < -0.39 is 0 Å². The Hall–Kier alpha value is -2.01. The summed E-state index contributed by atoms with van der Waals surface area (Å²) in [7, 11) is 0. The number of aromatic amines is 1. The van der Waals surface area contributed by atoms with Gasteiger partial charge in [0.05, 0.1) is 11.0 Å². The highest BCUT2D eigenvalue weighted by molar-refractivity contribution is 7.99. The largest absolute Gasteiger partial charge is 0.399 e. The molecule has 0 unspecified atom stereocenters. The van der Waals surface area contributed by atoms with Gasteiger partial charge in [0.25, 0.3) is 0 Å². The zero-order chi connectivity index (χ0) is 13.9. The summed E-state index contributed by atoms with van der Waals surface area (Å²) in [4.78, 5) is 8.70. The van der Waals surface area contributed by atoms with Crippen molar-refractivity contribution < 1.29 is 4.39 Å². The van der Waals surface area contributed by atoms with Gasteiger partial charge in [0.1, 0.15) is 11.6 Å². The van der Waals surface area contributed by atoms with Crippen molar-refractivity contribution in [1.29, 1.82) is 0 Å². The third-order valence-electron chi connectivity index (χ3n) is 2.96. The number of hydrogen-bond acceptors (Lipinski definition) is 3. The maximum absolute atomic E-state index is 13.1. The first-order valence-corrected chi connectivity index (χ1v) is 7.32. The van der Waals surface area contributed by atoms with Crippen molar-refractivity contribution in [2.45, 2.75) is 11.3 Å². The molecule has 102 valence electrons. The van der Waals surface area contributed by atoms with Crippen LogP contribution in [-0.4, -0.2) is 15.7 Å². The standard InChI is InChI=1S/C15H14FN3S/c16-10-2-1-3-12(8-10)20-7-6-15-18-13-5-4-11(17)9-14(13)19-15/h1-5,8-9H,6-7,17H2,(H,18,19). The fourth-order valence-electron chi connectivity index (χ4n) is 2.02. The van der Waals surface area contributed by atoms with Gasteiger partial charge in [-0.1, -0.05) is 6.07 Å². The predicted molar refractivity (Wildman–Crippen MR) is 81.3 cm³/mol. The summed E-state index contributed by atoms with van der Waals surface area (Å²) in [6.07, 6.45) is 0.801. The third-order valence-corrected chi connectivity index (χ3v) is 3.95. The number of halogens is 1. The number of thioether (sulfide) groups is 1. The van der Waals surface area contributed by atoms with Crippen LogP contribution < -0.4 is 5.73 Å². The number of imidazole rings is 1. The topological polar surface area (TPSA) is 54.7 Å². The lowest BCUT2D eigenvalue weighted by atomic mass is 10.3. The van der Waals surface area contributed by atoms with Gasteiger partial charge in [-0.3, -0.25) is 0 Å². The van der Waals surface area contributed by atoms with Crippen molar-refractivity contribution in [2.24, 2.45) is 0 Å². The summed E-state index contributed by atoms with van der Waals surface area (Å²) < 4.78 is 13.1. The first-order chi connectivity index (χ1) is 9.70. The number of nitrogen functional groups attached to an aromatic ring is 1. The summed E-state index contributed by atoms with van der Waals surface area (Å²) in [6.45, 7) is 0. The van der Waals surface area contributed by atoms with Gasteiger partial charge in [-0.25, -0.2) is 9.37 Å². The molecule has 0 amide bonds. The van der Waals surface area contributed by atoms with Crippen LogP contribution in [0, 0.1) is 5.82 Å². The van der Waals surface area contributed by atoms with Crippen LogP contribution in [0.2, 0.25) is 0 Å². The number of fused-ring (bicyclic) bond motifs is 1. The molecule has 0 fully saturated rings. The van der Waals surface area contributed by atoms with E-state index in [1.165, 1.54) is 6.07 Å². The molecular formula is C15H14FN3S. The summed E-state index contributed by atoms with van der Waals surface area (Å²) in [5.41, 5.74) is 8.34. The maximum atomic E-state index is 13.1. The molecule has 2 aromatic carbocycles. The number of nitrogens with zero attached hydrogens (tertiary/aromatic N) is 1. The van der Waals surface area contributed by atoms with E-state index in [0.717, 1.165) is 39.6 Å². The van der Waals surface area contributed by atoms with Crippen molar-refractivity contribution >= 4 is 28.5 Å². The molecule has 0 aliphatic heterocycles. The van der Waals surface area contributed by atoms with Crippen LogP contribution >= 0.6 is 11.8 Å². The lowest BCUT2D eigenvalue weighted by molar-refractivity contribution is 0.624. The molecule has 0 spiro atoms. The van der Waals surface area contributed by atoms with E-state index in [4.69, 9.17) is 5.73 Å². The van der Waals surface area contributed by atoms with Crippen molar-refractivity contribution in [3.8, 4) is 0 Å². The Bertz CT molecular complexity index is 739. The van der Waals surface area contributed by atoms with Crippen LogP contribution in [0.15, 0.2) is 47.4 Å². The average Bonchev–Trinajstić information content (AvgIpc) is 2.80. The molecule has 3 aromatic rings. The number of aryl methyl sites for hydroxylation is 1. The quantitative estimate of drug-likeness (QED) is 0.569. The zero-order valence-corrected chi connectivity index (χ0v) is 11.6. The third kappa shape index (κ3) is 2.93. The second-order valence-corrected chi connectivity index (χ2v) is 5.68. The molecule has 0 radical (unpaired) electrons. The van der Waals surface area contributed by atoms with Crippen LogP contribution in [0.5, 0.6) is 0 Å². The Morgan fingerprint density at radius 1 is 1.20 bits per heavy atom. The van der Waals surface area contributed by atoms with Gasteiger partial charge >= 0.3 is 0 Å². The van der Waals surface area contributed by atoms with E-state index in [9.17, 15) is 4.39 Å². The highest BCUT2D eigenvalue weighted by atomic mass is 32.2. The van der Waals surface area contributed by atoms with E-state index in [2.05, 4.69) is 9.97 Å². The minimum absolute atomic E-state index is 0.200. The summed E-state index contributed by atoms with van der Waals surface area (Å²) in [6, 6.07) is 12.3. The van der Waals surface area contributed by atoms with Crippen LogP contribution in [0.3, 0.4) is 0 Å². The maximum Gasteiger partial charge on any atom is 0.124 e. The van der Waals surface area contributed by atoms with E-state index >= 15 is 0 Å². The fraction of sp³-hybridized carbons (Fsp3) is 0.133. The van der Waals surface area contributed by atoms with Crippen LogP contribution in [-0.2, 0) is 6.42 Å². The molecule has 0 aliphatic carbocycles. The normalized spacial score (nSPS) is 11.1. The first kappa shape index (κ1) is 13.0. The molecule has 0 saturated carbocycles. The van der Waals surface area contributed by atoms with Gasteiger partial charge in [-0.15, -0.1) is 11.8 Å². The van der Waals surface area contributed by atoms with E-state index in [0.29, 0.717) is 0 Å². The van der Waals surface area contributed by atoms with Gasteiger partial charge in [0, 0.05) is 22.8 Å². The van der Waals surface area contributed by atoms with Crippen molar-refractivity contribution in [2.75, 3.05) is 11.5 Å². The number of benzene rings is 2. The van der Waals surface area contributed by atoms with Gasteiger partial charge in [0.2, 0.25) is 0 Å². The van der Waals surface area contributed by atoms with Gasteiger partial charge in [-0.2, -0.15) is 0 Å². The van der Waals surface area contributed by atoms with Crippen LogP contribution in [0.1, 0.15) is 5.82 Å². The van der Waals surface area contributed by atoms with Gasteiger partial charge in [-0.05, 0) is 36.4 Å². The number of nitrogens with one attached hydrogen (secondary N) is 1. The number of hydrogen-bond donors (Lipinski definition) is 2. The molecule has 1 aromatic heterocycles. The molecule has 0 aliphatic rings. The summed E-state index contributed by atoms with van der Waals surface area (Å²) in [5, 5.41) is 0. The van der Waals surface area contributed by atoms with Crippen LogP contribution in [0.25, 0.3) is 11.0 Å². The molecular weight excluding hydrogens is 273 g/mol. The van der Waals surface area contributed by atoms with E-state index in [1.54, 1.807) is 23.9 Å². The Kier molecular flexibility index (Phi) is 3.60. The number of nitrogens with two attached hydrogens (primary N) is 1. The molecule has 0 saturated heterocycles. The minimum atomic E-state index is -0.200. The Labute approximate surface area is 120 Å². The number of aromatic nitrogens is 2. The highest BCUT2D eigenvalue weighted by Crippen LogP contribution is 2.20. The summed E-state index contributed by atoms with van der Waals surface area (Å²) >= 11 is 1.62. The molecule has 1 heterocycles. The SMILES string of the molecule is Nc1ccc2nc(CCSc3cccc(F)c3)[nH]c2c1. The van der Waals surface area contributed by atoms with E-state index in [1.807, 2.05) is 24.3 Å². The second-order valence-electron chi connectivity index (χ2n) is 4.52. The summed E-state index contributed by atoms with van der Waals surface area (Å²) in [5.74, 6) is 1.57. The molecule has 5 heteroatoms. The Morgan fingerprint density at radius 3 is 2.95 bits per heavy atom. The average molecular weight is 287 g/mol. The molecule has 3 rings (SSSR count). The zero-order valence-electron chi connectivity index (χ0n) is 10.8. The number of rotatable bonds is 4. The lowest BCUT2D eigenvalue weighted by Gasteiger charge is -2.00. The molecule has 3 N–H and O–H groups in total. The van der Waals surface area contributed by atoms with Crippen molar-refractivity contribution in [3.05, 3.63) is 54.1 Å². The number of H-pyrrole nitrogens is 1. The second kappa shape index (κ2) is 5.54. The smallest absolute Gasteiger partial charge is 0.124 e. The van der Waals surface area contributed by atoms with Crippen molar-refractivity contribution in [1.82, 2.24) is 9.97 Å². The lowest BCUT2D eigenvalue weighted by Crippen LogP contribution is -1.91. The number of anilines is 1. The van der Waals surface area contributed by atoms with Crippen LogP contribution in [0.4, 0.5) is 10.1 Å². The molecule has 20 heavy (non-hydrogen) atoms. The highest BCUT2D eigenvalue weighted by Gasteiger charge is 2.03. The van der Waals surface area contributed by atoms with Gasteiger partial charge in [0.15, 0.2) is 0 Å². The predicted octanol–water partition coefficient (Wildman–Crippen LogP) is 3.62. The Morgan fingerprint density at radius 2 is 2.10 bits per heavy atom. The molecule has 0 atom stereocenters. The first-order valence-electron chi connectivity index (χ1n) is 6.33. The monoisotopic (exact) mass is 287 g/mol. The Balaban J connectivity index is 1.65. The van der Waals surface area contributed by atoms with Crippen molar-refractivity contribution in [3.63, 3.8) is 0 Å².